The number of fused-ring (bicyclic) bond motifs is 1. The Morgan fingerprint density at radius 3 is 3.12 bits per heavy atom. The highest BCUT2D eigenvalue weighted by Crippen LogP contribution is 2.38. The van der Waals surface area contributed by atoms with Crippen LogP contribution in [-0.2, 0) is 4.79 Å². The minimum atomic E-state index is -0.740. The second-order valence-electron chi connectivity index (χ2n) is 3.79. The number of nitrogens with zero attached hydrogens (tertiary/aromatic N) is 1. The van der Waals surface area contributed by atoms with E-state index in [1.807, 2.05) is 19.2 Å². The van der Waals surface area contributed by atoms with Gasteiger partial charge in [0.05, 0.1) is 12.1 Å². The molecule has 0 spiro atoms. The molecular formula is C11H12BrNO2S. The van der Waals surface area contributed by atoms with E-state index in [9.17, 15) is 4.79 Å². The van der Waals surface area contributed by atoms with Gasteiger partial charge < -0.3 is 10.0 Å². The summed E-state index contributed by atoms with van der Waals surface area (Å²) in [6, 6.07) is 6.19. The van der Waals surface area contributed by atoms with E-state index < -0.39 is 5.97 Å². The average molecular weight is 302 g/mol. The lowest BCUT2D eigenvalue weighted by atomic mass is 10.2. The van der Waals surface area contributed by atoms with Crippen molar-refractivity contribution in [1.82, 2.24) is 0 Å². The van der Waals surface area contributed by atoms with Crippen molar-refractivity contribution in [2.75, 3.05) is 17.7 Å². The van der Waals surface area contributed by atoms with Crippen LogP contribution < -0.4 is 4.90 Å². The van der Waals surface area contributed by atoms with Gasteiger partial charge in [0.2, 0.25) is 0 Å². The van der Waals surface area contributed by atoms with Crippen LogP contribution in [0.5, 0.6) is 0 Å². The molecule has 0 bridgehead atoms. The van der Waals surface area contributed by atoms with Gasteiger partial charge in [-0.3, -0.25) is 4.79 Å². The molecule has 5 heteroatoms. The number of benzene rings is 1. The highest BCUT2D eigenvalue weighted by molar-refractivity contribution is 9.10. The van der Waals surface area contributed by atoms with Gasteiger partial charge in [-0.1, -0.05) is 15.9 Å². The first kappa shape index (κ1) is 11.8. The molecule has 1 aromatic rings. The summed E-state index contributed by atoms with van der Waals surface area (Å²) in [5.41, 5.74) is 1.11. The Morgan fingerprint density at radius 2 is 2.44 bits per heavy atom. The lowest BCUT2D eigenvalue weighted by Crippen LogP contribution is -2.38. The molecule has 0 amide bonds. The fourth-order valence-corrected chi connectivity index (χ4v) is 3.36. The zero-order valence-corrected chi connectivity index (χ0v) is 11.2. The number of halogens is 1. The van der Waals surface area contributed by atoms with E-state index in [1.54, 1.807) is 11.8 Å². The quantitative estimate of drug-likeness (QED) is 0.912. The standard InChI is InChI=1S/C11H12BrNO2S/c1-13-8(5-11(14)15)6-16-10-3-2-7(12)4-9(10)13/h2-4,8H,5-6H2,1H3,(H,14,15). The monoisotopic (exact) mass is 301 g/mol. The van der Waals surface area contributed by atoms with Gasteiger partial charge in [0.15, 0.2) is 0 Å². The lowest BCUT2D eigenvalue weighted by molar-refractivity contribution is -0.137. The largest absolute Gasteiger partial charge is 0.481 e. The van der Waals surface area contributed by atoms with Crippen molar-refractivity contribution in [2.45, 2.75) is 17.4 Å². The average Bonchev–Trinajstić information content (AvgIpc) is 2.22. The maximum atomic E-state index is 10.7. The minimum Gasteiger partial charge on any atom is -0.481 e. The Labute approximate surface area is 107 Å². The molecule has 2 rings (SSSR count). The zero-order chi connectivity index (χ0) is 11.7. The van der Waals surface area contributed by atoms with E-state index in [0.717, 1.165) is 15.9 Å². The van der Waals surface area contributed by atoms with Gasteiger partial charge >= 0.3 is 5.97 Å². The molecule has 1 atom stereocenters. The van der Waals surface area contributed by atoms with Gasteiger partial charge in [-0.25, -0.2) is 0 Å². The normalized spacial score (nSPS) is 19.4. The molecule has 1 aliphatic rings. The minimum absolute atomic E-state index is 0.0734. The van der Waals surface area contributed by atoms with E-state index >= 15 is 0 Å². The van der Waals surface area contributed by atoms with E-state index in [4.69, 9.17) is 5.11 Å². The third-order valence-corrected chi connectivity index (χ3v) is 4.39. The van der Waals surface area contributed by atoms with Crippen molar-refractivity contribution >= 4 is 39.3 Å². The highest BCUT2D eigenvalue weighted by Gasteiger charge is 2.25. The van der Waals surface area contributed by atoms with Crippen LogP contribution in [0.2, 0.25) is 0 Å². The fraction of sp³-hybridized carbons (Fsp3) is 0.364. The first-order chi connectivity index (χ1) is 7.58. The highest BCUT2D eigenvalue weighted by atomic mass is 79.9. The van der Waals surface area contributed by atoms with E-state index in [-0.39, 0.29) is 12.5 Å². The number of carboxylic acid groups (broad SMARTS) is 1. The zero-order valence-electron chi connectivity index (χ0n) is 8.81. The molecule has 3 nitrogen and oxygen atoms in total. The van der Waals surface area contributed by atoms with Gasteiger partial charge in [0, 0.05) is 28.2 Å². The number of carboxylic acids is 1. The third kappa shape index (κ3) is 2.35. The maximum Gasteiger partial charge on any atom is 0.305 e. The van der Waals surface area contributed by atoms with Crippen LogP contribution in [-0.4, -0.2) is 29.9 Å². The number of anilines is 1. The molecular weight excluding hydrogens is 290 g/mol. The van der Waals surface area contributed by atoms with Gasteiger partial charge in [-0.15, -0.1) is 11.8 Å². The van der Waals surface area contributed by atoms with Crippen molar-refractivity contribution in [3.8, 4) is 0 Å². The second kappa shape index (κ2) is 4.67. The lowest BCUT2D eigenvalue weighted by Gasteiger charge is -2.34. The van der Waals surface area contributed by atoms with Crippen LogP contribution in [0.3, 0.4) is 0 Å². The summed E-state index contributed by atoms with van der Waals surface area (Å²) in [5.74, 6) is 0.0909. The first-order valence-electron chi connectivity index (χ1n) is 4.95. The molecule has 16 heavy (non-hydrogen) atoms. The Bertz CT molecular complexity index is 424. The van der Waals surface area contributed by atoms with E-state index in [1.165, 1.54) is 4.90 Å². The summed E-state index contributed by atoms with van der Waals surface area (Å²) in [5, 5.41) is 8.84. The Hall–Kier alpha value is -0.680. The van der Waals surface area contributed by atoms with Crippen molar-refractivity contribution in [3.05, 3.63) is 22.7 Å². The molecule has 0 saturated heterocycles. The molecule has 1 N–H and O–H groups in total. The van der Waals surface area contributed by atoms with Crippen LogP contribution in [0.1, 0.15) is 6.42 Å². The smallest absolute Gasteiger partial charge is 0.305 e. The predicted molar refractivity (Wildman–Crippen MR) is 69.3 cm³/mol. The molecule has 86 valence electrons. The summed E-state index contributed by atoms with van der Waals surface area (Å²) in [6.07, 6.45) is 0.190. The van der Waals surface area contributed by atoms with Gasteiger partial charge in [-0.05, 0) is 18.2 Å². The first-order valence-corrected chi connectivity index (χ1v) is 6.73. The maximum absolute atomic E-state index is 10.7. The van der Waals surface area contributed by atoms with Crippen molar-refractivity contribution < 1.29 is 9.90 Å². The molecule has 0 radical (unpaired) electrons. The fourth-order valence-electron chi connectivity index (χ4n) is 1.78. The molecule has 1 aromatic carbocycles. The number of thioether (sulfide) groups is 1. The topological polar surface area (TPSA) is 40.5 Å². The predicted octanol–water partition coefficient (Wildman–Crippen LogP) is 2.83. The molecule has 0 saturated carbocycles. The molecule has 0 aliphatic carbocycles. The molecule has 1 unspecified atom stereocenters. The van der Waals surface area contributed by atoms with Crippen LogP contribution in [0.4, 0.5) is 5.69 Å². The Morgan fingerprint density at radius 1 is 1.69 bits per heavy atom. The Balaban J connectivity index is 2.26. The van der Waals surface area contributed by atoms with Gasteiger partial charge in [0.25, 0.3) is 0 Å². The number of carbonyl (C=O) groups is 1. The van der Waals surface area contributed by atoms with Crippen LogP contribution in [0, 0.1) is 0 Å². The van der Waals surface area contributed by atoms with E-state index in [2.05, 4.69) is 26.9 Å². The third-order valence-electron chi connectivity index (χ3n) is 2.69. The van der Waals surface area contributed by atoms with Crippen molar-refractivity contribution in [3.63, 3.8) is 0 Å². The molecule has 1 heterocycles. The van der Waals surface area contributed by atoms with Crippen molar-refractivity contribution in [2.24, 2.45) is 0 Å². The number of hydrogen-bond donors (Lipinski definition) is 1. The molecule has 1 aliphatic heterocycles. The van der Waals surface area contributed by atoms with Gasteiger partial charge in [-0.2, -0.15) is 0 Å². The summed E-state index contributed by atoms with van der Waals surface area (Å²) in [6.45, 7) is 0. The van der Waals surface area contributed by atoms with Crippen LogP contribution in [0.15, 0.2) is 27.6 Å². The van der Waals surface area contributed by atoms with E-state index in [0.29, 0.717) is 0 Å². The summed E-state index contributed by atoms with van der Waals surface area (Å²) < 4.78 is 1.02. The molecule has 0 fully saturated rings. The summed E-state index contributed by atoms with van der Waals surface area (Å²) in [4.78, 5) is 14.0. The number of aliphatic carboxylic acids is 1. The number of rotatable bonds is 2. The second-order valence-corrected chi connectivity index (χ2v) is 5.76. The Kier molecular flexibility index (Phi) is 3.44. The van der Waals surface area contributed by atoms with Crippen LogP contribution in [0.25, 0.3) is 0 Å². The summed E-state index contributed by atoms with van der Waals surface area (Å²) >= 11 is 5.16. The van der Waals surface area contributed by atoms with Gasteiger partial charge in [0.1, 0.15) is 0 Å². The number of hydrogen-bond acceptors (Lipinski definition) is 3. The molecule has 0 aromatic heterocycles. The van der Waals surface area contributed by atoms with Crippen LogP contribution >= 0.6 is 27.7 Å². The van der Waals surface area contributed by atoms with Crippen molar-refractivity contribution in [1.29, 1.82) is 0 Å². The summed E-state index contributed by atoms with van der Waals surface area (Å²) in [7, 11) is 1.96. The SMILES string of the molecule is CN1c2cc(Br)ccc2SCC1CC(=O)O.